The van der Waals surface area contributed by atoms with Gasteiger partial charge >= 0.3 is 94.7 Å². The molecular formula is C30H33Cl2N4Ru-. The van der Waals surface area contributed by atoms with Gasteiger partial charge in [-0.1, -0.05) is 35.4 Å². The number of benzene rings is 3. The number of hydrogen-bond acceptors (Lipinski definition) is 4. The first-order valence-corrected chi connectivity index (χ1v) is 17.7. The first-order chi connectivity index (χ1) is 17.6. The summed E-state index contributed by atoms with van der Waals surface area (Å²) in [7, 11) is 11.6. The van der Waals surface area contributed by atoms with E-state index in [9.17, 15) is 0 Å². The maximum absolute atomic E-state index is 5.82. The van der Waals surface area contributed by atoms with Gasteiger partial charge in [-0.15, -0.1) is 0 Å². The van der Waals surface area contributed by atoms with Gasteiger partial charge < -0.3 is 9.80 Å². The van der Waals surface area contributed by atoms with Gasteiger partial charge in [0.25, 0.3) is 0 Å². The molecule has 0 radical (unpaired) electrons. The number of halogens is 2. The summed E-state index contributed by atoms with van der Waals surface area (Å²) in [4.78, 5) is 13.3. The quantitative estimate of drug-likeness (QED) is 0.174. The van der Waals surface area contributed by atoms with E-state index in [2.05, 4.69) is 92.2 Å². The summed E-state index contributed by atoms with van der Waals surface area (Å²) in [6.07, 6.45) is 3.34. The third kappa shape index (κ3) is 6.58. The summed E-state index contributed by atoms with van der Waals surface area (Å²) in [5, 5.41) is 0. The fourth-order valence-corrected chi connectivity index (χ4v) is 7.07. The molecular weight excluding hydrogens is 588 g/mol. The van der Waals surface area contributed by atoms with Crippen molar-refractivity contribution in [1.82, 2.24) is 9.97 Å². The van der Waals surface area contributed by atoms with Crippen LogP contribution in [0.15, 0.2) is 54.9 Å². The molecule has 7 heteroatoms. The van der Waals surface area contributed by atoms with Gasteiger partial charge in [0.2, 0.25) is 0 Å². The molecule has 0 aliphatic carbocycles. The van der Waals surface area contributed by atoms with Crippen LogP contribution in [-0.2, 0) is 13.5 Å². The van der Waals surface area contributed by atoms with Gasteiger partial charge in [0, 0.05) is 24.5 Å². The summed E-state index contributed by atoms with van der Waals surface area (Å²) in [5.74, 6) is 0. The minimum absolute atomic E-state index is 0.856. The fourth-order valence-electron chi connectivity index (χ4n) is 5.27. The van der Waals surface area contributed by atoms with Crippen molar-refractivity contribution in [1.29, 1.82) is 0 Å². The molecule has 0 unspecified atom stereocenters. The average Bonchev–Trinajstić information content (AvgIpc) is 3.27. The zero-order chi connectivity index (χ0) is 26.7. The van der Waals surface area contributed by atoms with Crippen LogP contribution in [0, 0.1) is 48.2 Å². The second-order valence-corrected chi connectivity index (χ2v) is 15.3. The molecule has 0 bridgehead atoms. The third-order valence-corrected chi connectivity index (χ3v) is 8.26. The van der Waals surface area contributed by atoms with Crippen molar-refractivity contribution in [2.75, 3.05) is 22.9 Å². The second kappa shape index (κ2) is 12.0. The number of rotatable bonds is 3. The second-order valence-electron chi connectivity index (χ2n) is 9.58. The molecule has 1 aromatic heterocycles. The molecule has 0 amide bonds. The van der Waals surface area contributed by atoms with E-state index in [0.29, 0.717) is 0 Å². The Morgan fingerprint density at radius 3 is 1.73 bits per heavy atom. The van der Waals surface area contributed by atoms with Gasteiger partial charge in [-0.05, 0) is 63.8 Å². The molecule has 0 N–H and O–H groups in total. The Kier molecular flexibility index (Phi) is 9.00. The van der Waals surface area contributed by atoms with Gasteiger partial charge in [-0.25, -0.2) is 0 Å². The molecule has 196 valence electrons. The monoisotopic (exact) mass is 621 g/mol. The molecule has 4 aromatic rings. The van der Waals surface area contributed by atoms with Crippen molar-refractivity contribution >= 4 is 46.4 Å². The van der Waals surface area contributed by atoms with Crippen LogP contribution in [0.2, 0.25) is 0 Å². The molecule has 1 saturated heterocycles. The SMILES string of the molecule is Cc1cc(C)c(N2[CH-]N(c3c(C)cc(C)cc3C)CC2)c(C)c1.[Cl][Ru]([Cl])=[CH]c1cccc2nccnc12. The molecule has 1 aliphatic heterocycles. The molecule has 4 nitrogen and oxygen atoms in total. The standard InChI is InChI=1S/C21H27N2.C9H6N2.2ClH.Ru/c1-14-9-16(3)20(17(4)10-14)22-7-8-23(13-22)21-18(5)11-15(2)12-19(21)6;1-7-3-2-4-8-9(7)11-6-5-10-8;;;/h9-13H,7-8H2,1-6H3;1-6H;2*1H;/q-1;;;;+2/p-2. The first kappa shape index (κ1) is 27.7. The number of para-hydroxylation sites is 1. The van der Waals surface area contributed by atoms with Crippen LogP contribution >= 0.6 is 19.4 Å². The molecule has 5 rings (SSSR count). The van der Waals surface area contributed by atoms with Crippen molar-refractivity contribution < 1.29 is 13.5 Å². The zero-order valence-electron chi connectivity index (χ0n) is 22.2. The Balaban J connectivity index is 0.000000195. The Hall–Kier alpha value is -2.33. The summed E-state index contributed by atoms with van der Waals surface area (Å²) in [5.41, 5.74) is 13.5. The summed E-state index contributed by atoms with van der Waals surface area (Å²) in [6.45, 7) is 17.6. The van der Waals surface area contributed by atoms with Crippen LogP contribution in [0.3, 0.4) is 0 Å². The number of hydrogen-bond donors (Lipinski definition) is 0. The molecule has 0 saturated carbocycles. The van der Waals surface area contributed by atoms with E-state index >= 15 is 0 Å². The molecule has 1 aliphatic rings. The topological polar surface area (TPSA) is 32.3 Å². The Labute approximate surface area is 233 Å². The fraction of sp³-hybridized carbons (Fsp3) is 0.267. The number of fused-ring (bicyclic) bond motifs is 1. The Morgan fingerprint density at radius 2 is 1.24 bits per heavy atom. The Morgan fingerprint density at radius 1 is 0.757 bits per heavy atom. The number of aryl methyl sites for hydroxylation is 6. The van der Waals surface area contributed by atoms with Gasteiger partial charge in [0.1, 0.15) is 0 Å². The van der Waals surface area contributed by atoms with E-state index in [0.717, 1.165) is 29.7 Å². The van der Waals surface area contributed by atoms with Crippen LogP contribution < -0.4 is 9.80 Å². The molecule has 2 heterocycles. The van der Waals surface area contributed by atoms with Gasteiger partial charge in [0.05, 0.1) is 0 Å². The predicted octanol–water partition coefficient (Wildman–Crippen LogP) is 7.69. The van der Waals surface area contributed by atoms with Crippen molar-refractivity contribution in [2.45, 2.75) is 41.5 Å². The summed E-state index contributed by atoms with van der Waals surface area (Å²) >= 11 is -1.79. The van der Waals surface area contributed by atoms with E-state index in [1.54, 1.807) is 12.4 Å². The number of nitrogens with zero attached hydrogens (tertiary/aromatic N) is 4. The normalized spacial score (nSPS) is 13.5. The maximum atomic E-state index is 5.82. The number of anilines is 2. The molecule has 37 heavy (non-hydrogen) atoms. The summed E-state index contributed by atoms with van der Waals surface area (Å²) < 4.78 is 1.88. The van der Waals surface area contributed by atoms with Crippen LogP contribution in [0.5, 0.6) is 0 Å². The summed E-state index contributed by atoms with van der Waals surface area (Å²) in [6, 6.07) is 14.9. The van der Waals surface area contributed by atoms with E-state index in [-0.39, 0.29) is 0 Å². The molecule has 0 atom stereocenters. The van der Waals surface area contributed by atoms with E-state index in [1.165, 1.54) is 44.8 Å². The van der Waals surface area contributed by atoms with Crippen LogP contribution in [0.25, 0.3) is 11.0 Å². The molecule has 3 aromatic carbocycles. The predicted molar refractivity (Wildman–Crippen MR) is 157 cm³/mol. The van der Waals surface area contributed by atoms with Gasteiger partial charge in [-0.2, -0.15) is 6.67 Å². The van der Waals surface area contributed by atoms with Crippen molar-refractivity contribution in [3.05, 3.63) is 100 Å². The van der Waals surface area contributed by atoms with Gasteiger partial charge in [0.15, 0.2) is 0 Å². The van der Waals surface area contributed by atoms with E-state index < -0.39 is 13.5 Å². The van der Waals surface area contributed by atoms with Crippen molar-refractivity contribution in [2.24, 2.45) is 0 Å². The molecule has 0 spiro atoms. The molecule has 1 fully saturated rings. The van der Waals surface area contributed by atoms with E-state index in [1.807, 2.05) is 22.8 Å². The van der Waals surface area contributed by atoms with E-state index in [4.69, 9.17) is 19.4 Å². The van der Waals surface area contributed by atoms with Crippen LogP contribution in [0.4, 0.5) is 11.4 Å². The van der Waals surface area contributed by atoms with Crippen molar-refractivity contribution in [3.63, 3.8) is 0 Å². The minimum atomic E-state index is -1.79. The van der Waals surface area contributed by atoms with Gasteiger partial charge in [-0.3, -0.25) is 0 Å². The zero-order valence-corrected chi connectivity index (χ0v) is 25.4. The van der Waals surface area contributed by atoms with Crippen LogP contribution in [0.1, 0.15) is 38.9 Å². The van der Waals surface area contributed by atoms with Crippen LogP contribution in [-0.4, -0.2) is 27.7 Å². The van der Waals surface area contributed by atoms with Crippen molar-refractivity contribution in [3.8, 4) is 0 Å². The third-order valence-electron chi connectivity index (χ3n) is 6.42. The average molecular weight is 622 g/mol. The number of aromatic nitrogens is 2. The Bertz CT molecular complexity index is 1350. The first-order valence-electron chi connectivity index (χ1n) is 12.2.